The predicted octanol–water partition coefficient (Wildman–Crippen LogP) is 2.60. The van der Waals surface area contributed by atoms with Gasteiger partial charge < -0.3 is 0 Å². The van der Waals surface area contributed by atoms with Crippen LogP contribution in [-0.2, 0) is 0 Å². The van der Waals surface area contributed by atoms with Crippen LogP contribution in [0, 0.1) is 0 Å². The van der Waals surface area contributed by atoms with Crippen molar-refractivity contribution in [2.45, 2.75) is 13.3 Å². The van der Waals surface area contributed by atoms with Gasteiger partial charge in [-0.3, -0.25) is 0 Å². The van der Waals surface area contributed by atoms with E-state index in [-0.39, 0.29) is 0 Å². The molecule has 0 bridgehead atoms. The normalized spacial score (nSPS) is 20.1. The standard InChI is InChI=1S/C8H10N2S/c1-7-5-3-4-6-8(7)10-11-9-2/h3-5H,2,6H2,1H3/b10-8+. The van der Waals surface area contributed by atoms with Gasteiger partial charge in [0.2, 0.25) is 0 Å². The highest BCUT2D eigenvalue weighted by Gasteiger charge is 2.02. The van der Waals surface area contributed by atoms with Crippen LogP contribution in [0.3, 0.4) is 0 Å². The van der Waals surface area contributed by atoms with Crippen LogP contribution < -0.4 is 0 Å². The molecule has 0 saturated heterocycles. The fraction of sp³-hybridized carbons (Fsp3) is 0.250. The van der Waals surface area contributed by atoms with Crippen molar-refractivity contribution in [3.8, 4) is 0 Å². The molecule has 0 aliphatic heterocycles. The molecule has 0 unspecified atom stereocenters. The lowest BCUT2D eigenvalue weighted by molar-refractivity contribution is 1.37. The molecule has 1 rings (SSSR count). The van der Waals surface area contributed by atoms with Crippen LogP contribution in [0.2, 0.25) is 0 Å². The largest absolute Gasteiger partial charge is 0.210 e. The maximum Gasteiger partial charge on any atom is 0.114 e. The van der Waals surface area contributed by atoms with Gasteiger partial charge in [0.15, 0.2) is 0 Å². The molecule has 0 aromatic heterocycles. The first-order valence-electron chi connectivity index (χ1n) is 3.37. The molecular weight excluding hydrogens is 156 g/mol. The van der Waals surface area contributed by atoms with E-state index in [4.69, 9.17) is 0 Å². The molecule has 0 aromatic rings. The number of hydrogen-bond donors (Lipinski definition) is 0. The Morgan fingerprint density at radius 2 is 2.45 bits per heavy atom. The van der Waals surface area contributed by atoms with E-state index in [1.807, 2.05) is 19.1 Å². The molecule has 0 spiro atoms. The van der Waals surface area contributed by atoms with Crippen LogP contribution in [-0.4, -0.2) is 12.4 Å². The van der Waals surface area contributed by atoms with E-state index < -0.39 is 0 Å². The highest BCUT2D eigenvalue weighted by atomic mass is 32.2. The summed E-state index contributed by atoms with van der Waals surface area (Å²) >= 11 is 1.15. The van der Waals surface area contributed by atoms with Crippen molar-refractivity contribution in [2.75, 3.05) is 0 Å². The molecular formula is C8H10N2S. The molecule has 0 heterocycles. The van der Waals surface area contributed by atoms with Gasteiger partial charge in [-0.1, -0.05) is 18.2 Å². The monoisotopic (exact) mass is 166 g/mol. The third kappa shape index (κ3) is 2.35. The minimum Gasteiger partial charge on any atom is -0.210 e. The fourth-order valence-electron chi connectivity index (χ4n) is 0.837. The van der Waals surface area contributed by atoms with Crippen molar-refractivity contribution >= 4 is 24.6 Å². The Bertz CT molecular complexity index is 238. The van der Waals surface area contributed by atoms with Crippen LogP contribution in [0.15, 0.2) is 32.6 Å². The fourth-order valence-corrected chi connectivity index (χ4v) is 1.21. The zero-order valence-corrected chi connectivity index (χ0v) is 7.27. The van der Waals surface area contributed by atoms with Crippen molar-refractivity contribution < 1.29 is 0 Å². The zero-order chi connectivity index (χ0) is 8.10. The van der Waals surface area contributed by atoms with Gasteiger partial charge in [0.25, 0.3) is 0 Å². The van der Waals surface area contributed by atoms with Gasteiger partial charge in [0, 0.05) is 13.1 Å². The summed E-state index contributed by atoms with van der Waals surface area (Å²) in [5, 5.41) is 0. The predicted molar refractivity (Wildman–Crippen MR) is 52.1 cm³/mol. The molecule has 0 N–H and O–H groups in total. The SMILES string of the molecule is C=NS/N=C1\CC=CC=C1C. The van der Waals surface area contributed by atoms with E-state index in [9.17, 15) is 0 Å². The van der Waals surface area contributed by atoms with E-state index in [1.165, 1.54) is 5.57 Å². The lowest BCUT2D eigenvalue weighted by atomic mass is 10.1. The van der Waals surface area contributed by atoms with Crippen LogP contribution in [0.25, 0.3) is 0 Å². The second kappa shape index (κ2) is 4.13. The third-order valence-corrected chi connectivity index (χ3v) is 1.87. The highest BCUT2D eigenvalue weighted by Crippen LogP contribution is 2.13. The summed E-state index contributed by atoms with van der Waals surface area (Å²) in [6.45, 7) is 5.39. The van der Waals surface area contributed by atoms with Crippen LogP contribution in [0.4, 0.5) is 0 Å². The van der Waals surface area contributed by atoms with Crippen molar-refractivity contribution in [1.29, 1.82) is 0 Å². The Hall–Kier alpha value is -0.830. The summed E-state index contributed by atoms with van der Waals surface area (Å²) in [4.78, 5) is 0. The van der Waals surface area contributed by atoms with E-state index in [0.717, 1.165) is 24.3 Å². The maximum absolute atomic E-state index is 4.17. The summed E-state index contributed by atoms with van der Waals surface area (Å²) in [5.41, 5.74) is 2.30. The minimum atomic E-state index is 0.908. The van der Waals surface area contributed by atoms with Crippen molar-refractivity contribution in [3.05, 3.63) is 23.8 Å². The first kappa shape index (κ1) is 8.27. The van der Waals surface area contributed by atoms with E-state index in [1.54, 1.807) is 0 Å². The van der Waals surface area contributed by atoms with Crippen LogP contribution in [0.5, 0.6) is 0 Å². The second-order valence-corrected chi connectivity index (χ2v) is 2.83. The van der Waals surface area contributed by atoms with Gasteiger partial charge in [-0.2, -0.15) is 4.40 Å². The van der Waals surface area contributed by atoms with E-state index >= 15 is 0 Å². The van der Waals surface area contributed by atoms with Gasteiger partial charge in [-0.05, 0) is 12.5 Å². The van der Waals surface area contributed by atoms with Gasteiger partial charge in [0.1, 0.15) is 12.1 Å². The topological polar surface area (TPSA) is 24.7 Å². The average molecular weight is 166 g/mol. The Kier molecular flexibility index (Phi) is 3.11. The van der Waals surface area contributed by atoms with Gasteiger partial charge in [-0.15, -0.1) is 0 Å². The first-order chi connectivity index (χ1) is 5.34. The quantitative estimate of drug-likeness (QED) is 0.457. The molecule has 0 atom stereocenters. The van der Waals surface area contributed by atoms with Crippen molar-refractivity contribution in [3.63, 3.8) is 0 Å². The molecule has 0 amide bonds. The summed E-state index contributed by atoms with van der Waals surface area (Å²) < 4.78 is 7.76. The Balaban J connectivity index is 2.67. The second-order valence-electron chi connectivity index (χ2n) is 2.23. The summed E-state index contributed by atoms with van der Waals surface area (Å²) in [6.07, 6.45) is 7.08. The molecule has 11 heavy (non-hydrogen) atoms. The molecule has 2 nitrogen and oxygen atoms in total. The first-order valence-corrected chi connectivity index (χ1v) is 4.10. The maximum atomic E-state index is 4.17. The molecule has 1 aliphatic carbocycles. The van der Waals surface area contributed by atoms with Gasteiger partial charge in [0.05, 0.1) is 5.71 Å². The smallest absolute Gasteiger partial charge is 0.114 e. The molecule has 0 radical (unpaired) electrons. The van der Waals surface area contributed by atoms with Crippen LogP contribution in [0.1, 0.15) is 13.3 Å². The minimum absolute atomic E-state index is 0.908. The Morgan fingerprint density at radius 3 is 3.09 bits per heavy atom. The lowest BCUT2D eigenvalue weighted by Crippen LogP contribution is -1.99. The Morgan fingerprint density at radius 1 is 1.64 bits per heavy atom. The highest BCUT2D eigenvalue weighted by molar-refractivity contribution is 7.96. The molecule has 0 fully saturated rings. The average Bonchev–Trinajstić information content (AvgIpc) is 2.03. The number of allylic oxidation sites excluding steroid dienone is 4. The molecule has 0 saturated carbocycles. The van der Waals surface area contributed by atoms with Crippen LogP contribution >= 0.6 is 12.1 Å². The molecule has 3 heteroatoms. The summed E-state index contributed by atoms with van der Waals surface area (Å²) in [5.74, 6) is 0. The molecule has 58 valence electrons. The number of rotatable bonds is 2. The lowest BCUT2D eigenvalue weighted by Gasteiger charge is -2.05. The van der Waals surface area contributed by atoms with Crippen molar-refractivity contribution in [2.24, 2.45) is 8.80 Å². The van der Waals surface area contributed by atoms with E-state index in [0.29, 0.717) is 0 Å². The molecule has 0 aromatic carbocycles. The number of nitrogens with zero attached hydrogens (tertiary/aromatic N) is 2. The van der Waals surface area contributed by atoms with Crippen molar-refractivity contribution in [1.82, 2.24) is 0 Å². The Labute approximate surface area is 71.1 Å². The van der Waals surface area contributed by atoms with Gasteiger partial charge in [-0.25, -0.2) is 4.40 Å². The van der Waals surface area contributed by atoms with E-state index in [2.05, 4.69) is 21.6 Å². The number of hydrogen-bond acceptors (Lipinski definition) is 3. The third-order valence-electron chi connectivity index (χ3n) is 1.46. The van der Waals surface area contributed by atoms with Gasteiger partial charge >= 0.3 is 0 Å². The zero-order valence-electron chi connectivity index (χ0n) is 6.45. The molecule has 1 aliphatic rings. The summed E-state index contributed by atoms with van der Waals surface area (Å²) in [7, 11) is 0. The summed E-state index contributed by atoms with van der Waals surface area (Å²) in [6, 6.07) is 0.